The second-order valence-corrected chi connectivity index (χ2v) is 5.19. The van der Waals surface area contributed by atoms with Crippen molar-refractivity contribution in [3.05, 3.63) is 21.4 Å². The van der Waals surface area contributed by atoms with Crippen molar-refractivity contribution in [3.8, 4) is 0 Å². The van der Waals surface area contributed by atoms with Gasteiger partial charge < -0.3 is 4.74 Å². The first-order valence-electron chi connectivity index (χ1n) is 3.98. The molecule has 0 aliphatic heterocycles. The number of ether oxygens (including phenoxy) is 1. The van der Waals surface area contributed by atoms with Crippen LogP contribution in [-0.2, 0) is 20.6 Å². The third-order valence-corrected chi connectivity index (χ3v) is 3.37. The lowest BCUT2D eigenvalue weighted by Gasteiger charge is -2.01. The van der Waals surface area contributed by atoms with Crippen LogP contribution in [0.3, 0.4) is 0 Å². The van der Waals surface area contributed by atoms with Crippen molar-refractivity contribution >= 4 is 33.7 Å². The molecule has 0 saturated heterocycles. The Kier molecular flexibility index (Phi) is 3.79. The van der Waals surface area contributed by atoms with Gasteiger partial charge in [0.05, 0.1) is 17.6 Å². The van der Waals surface area contributed by atoms with E-state index in [-0.39, 0.29) is 16.0 Å². The normalized spacial score (nSPS) is 11.1. The van der Waals surface area contributed by atoms with Crippen LogP contribution in [0.15, 0.2) is 5.38 Å². The lowest BCUT2D eigenvalue weighted by atomic mass is 10.2. The van der Waals surface area contributed by atoms with Crippen molar-refractivity contribution < 1.29 is 27.3 Å². The zero-order valence-electron chi connectivity index (χ0n) is 8.17. The van der Waals surface area contributed by atoms with Gasteiger partial charge >= 0.3 is 5.97 Å². The molecule has 0 unspecified atom stereocenters. The van der Waals surface area contributed by atoms with Crippen LogP contribution in [0.1, 0.15) is 25.6 Å². The van der Waals surface area contributed by atoms with E-state index in [0.717, 1.165) is 18.4 Å². The molecule has 0 saturated carbocycles. The van der Waals surface area contributed by atoms with Crippen molar-refractivity contribution in [3.63, 3.8) is 0 Å². The Hall–Kier alpha value is -1.25. The van der Waals surface area contributed by atoms with Gasteiger partial charge in [-0.1, -0.05) is 0 Å². The molecule has 1 heterocycles. The number of esters is 1. The molecule has 0 aliphatic carbocycles. The number of aldehydes is 1. The molecule has 0 bridgehead atoms. The highest BCUT2D eigenvalue weighted by Gasteiger charge is 2.21. The van der Waals surface area contributed by atoms with E-state index < -0.39 is 21.8 Å². The smallest absolute Gasteiger partial charge is 0.339 e. The van der Waals surface area contributed by atoms with Gasteiger partial charge in [-0.15, -0.1) is 11.3 Å². The van der Waals surface area contributed by atoms with Crippen molar-refractivity contribution in [2.75, 3.05) is 7.11 Å². The summed E-state index contributed by atoms with van der Waals surface area (Å²) >= 11 is 0.916. The lowest BCUT2D eigenvalue weighted by molar-refractivity contribution is 0.0600. The van der Waals surface area contributed by atoms with Crippen LogP contribution in [0.2, 0.25) is 0 Å². The molecular weight excluding hydrogens is 256 g/mol. The minimum absolute atomic E-state index is 0.0211. The molecule has 0 atom stereocenters. The highest BCUT2D eigenvalue weighted by molar-refractivity contribution is 7.85. The van der Waals surface area contributed by atoms with Gasteiger partial charge in [0.25, 0.3) is 10.1 Å². The standard InChI is InChI=1S/C8H8O6S2/c1-14-8(10)5-3-15-7(2-9)6(5)4-16(11,12)13/h2-3H,4H2,1H3,(H,11,12,13). The van der Waals surface area contributed by atoms with E-state index >= 15 is 0 Å². The number of carbonyl (C=O) groups is 2. The van der Waals surface area contributed by atoms with Crippen LogP contribution < -0.4 is 0 Å². The fourth-order valence-electron chi connectivity index (χ4n) is 1.11. The van der Waals surface area contributed by atoms with E-state index in [1.807, 2.05) is 0 Å². The van der Waals surface area contributed by atoms with Crippen molar-refractivity contribution in [1.82, 2.24) is 0 Å². The third-order valence-electron chi connectivity index (χ3n) is 1.77. The zero-order valence-corrected chi connectivity index (χ0v) is 9.80. The second-order valence-electron chi connectivity index (χ2n) is 2.83. The minimum atomic E-state index is -4.30. The first-order chi connectivity index (χ1) is 7.39. The number of rotatable bonds is 4. The van der Waals surface area contributed by atoms with Crippen LogP contribution in [0.25, 0.3) is 0 Å². The molecule has 0 radical (unpaired) electrons. The fraction of sp³-hybridized carbons (Fsp3) is 0.250. The predicted molar refractivity (Wildman–Crippen MR) is 56.3 cm³/mol. The van der Waals surface area contributed by atoms with Gasteiger partial charge in [-0.05, 0) is 0 Å². The topological polar surface area (TPSA) is 97.7 Å². The molecule has 1 aromatic heterocycles. The molecule has 0 aliphatic rings. The van der Waals surface area contributed by atoms with Crippen molar-refractivity contribution in [2.24, 2.45) is 0 Å². The molecule has 1 N–H and O–H groups in total. The van der Waals surface area contributed by atoms with Crippen LogP contribution >= 0.6 is 11.3 Å². The van der Waals surface area contributed by atoms with Gasteiger partial charge in [0.2, 0.25) is 0 Å². The summed E-state index contributed by atoms with van der Waals surface area (Å²) < 4.78 is 34.6. The predicted octanol–water partition coefficient (Wildman–Crippen LogP) is 0.735. The van der Waals surface area contributed by atoms with Crippen LogP contribution in [-0.4, -0.2) is 32.3 Å². The monoisotopic (exact) mass is 264 g/mol. The van der Waals surface area contributed by atoms with Gasteiger partial charge in [-0.3, -0.25) is 9.35 Å². The highest BCUT2D eigenvalue weighted by Crippen LogP contribution is 2.23. The summed E-state index contributed by atoms with van der Waals surface area (Å²) in [7, 11) is -3.17. The second kappa shape index (κ2) is 4.73. The number of thiophene rings is 1. The average molecular weight is 264 g/mol. The summed E-state index contributed by atoms with van der Waals surface area (Å²) in [5.41, 5.74) is -0.0541. The average Bonchev–Trinajstić information content (AvgIpc) is 2.57. The van der Waals surface area contributed by atoms with Crippen molar-refractivity contribution in [2.45, 2.75) is 5.75 Å². The summed E-state index contributed by atoms with van der Waals surface area (Å²) in [6.07, 6.45) is 0.428. The van der Waals surface area contributed by atoms with E-state index in [1.54, 1.807) is 0 Å². The highest BCUT2D eigenvalue weighted by atomic mass is 32.2. The summed E-state index contributed by atoms with van der Waals surface area (Å²) in [6, 6.07) is 0. The maximum Gasteiger partial charge on any atom is 0.339 e. The first kappa shape index (κ1) is 12.8. The molecule has 0 fully saturated rings. The zero-order chi connectivity index (χ0) is 12.3. The van der Waals surface area contributed by atoms with Crippen LogP contribution in [0.5, 0.6) is 0 Å². The molecular formula is C8H8O6S2. The fourth-order valence-corrected chi connectivity index (χ4v) is 2.74. The van der Waals surface area contributed by atoms with Gasteiger partial charge in [-0.25, -0.2) is 4.79 Å². The Balaban J connectivity index is 3.26. The van der Waals surface area contributed by atoms with E-state index in [1.165, 1.54) is 5.38 Å². The quantitative estimate of drug-likeness (QED) is 0.489. The minimum Gasteiger partial charge on any atom is -0.465 e. The molecule has 6 nitrogen and oxygen atoms in total. The summed E-state index contributed by atoms with van der Waals surface area (Å²) in [5, 5.41) is 1.32. The SMILES string of the molecule is COC(=O)c1csc(C=O)c1CS(=O)(=O)O. The maximum absolute atomic E-state index is 11.2. The Labute approximate surface area is 95.6 Å². The van der Waals surface area contributed by atoms with Gasteiger partial charge in [0.15, 0.2) is 6.29 Å². The molecule has 0 aromatic carbocycles. The molecule has 0 spiro atoms. The Morgan fingerprint density at radius 2 is 2.25 bits per heavy atom. The Morgan fingerprint density at radius 1 is 1.62 bits per heavy atom. The number of carbonyl (C=O) groups excluding carboxylic acids is 2. The number of hydrogen-bond donors (Lipinski definition) is 1. The molecule has 1 rings (SSSR count). The molecule has 1 aromatic rings. The van der Waals surface area contributed by atoms with Gasteiger partial charge in [0, 0.05) is 10.9 Å². The third kappa shape index (κ3) is 2.87. The molecule has 0 amide bonds. The lowest BCUT2D eigenvalue weighted by Crippen LogP contribution is -2.09. The Bertz CT molecular complexity index is 513. The van der Waals surface area contributed by atoms with Crippen LogP contribution in [0, 0.1) is 0 Å². The van der Waals surface area contributed by atoms with E-state index in [9.17, 15) is 18.0 Å². The van der Waals surface area contributed by atoms with Crippen LogP contribution in [0.4, 0.5) is 0 Å². The van der Waals surface area contributed by atoms with E-state index in [4.69, 9.17) is 4.55 Å². The van der Waals surface area contributed by atoms with E-state index in [0.29, 0.717) is 6.29 Å². The van der Waals surface area contributed by atoms with E-state index in [2.05, 4.69) is 4.74 Å². The van der Waals surface area contributed by atoms with Crippen molar-refractivity contribution in [1.29, 1.82) is 0 Å². The summed E-state index contributed by atoms with van der Waals surface area (Å²) in [4.78, 5) is 21.9. The molecule has 8 heteroatoms. The number of methoxy groups -OCH3 is 1. The first-order valence-corrected chi connectivity index (χ1v) is 6.47. The van der Waals surface area contributed by atoms with Gasteiger partial charge in [0.1, 0.15) is 5.75 Å². The van der Waals surface area contributed by atoms with Gasteiger partial charge in [-0.2, -0.15) is 8.42 Å². The summed E-state index contributed by atoms with van der Waals surface area (Å²) in [6.45, 7) is 0. The molecule has 88 valence electrons. The largest absolute Gasteiger partial charge is 0.465 e. The molecule has 16 heavy (non-hydrogen) atoms. The number of hydrogen-bond acceptors (Lipinski definition) is 6. The summed E-state index contributed by atoms with van der Waals surface area (Å²) in [5.74, 6) is -1.53. The Morgan fingerprint density at radius 3 is 2.69 bits per heavy atom. The maximum atomic E-state index is 11.2.